The van der Waals surface area contributed by atoms with Gasteiger partial charge in [0.05, 0.1) is 0 Å². The average Bonchev–Trinajstić information content (AvgIpc) is 2.35. The second-order valence-corrected chi connectivity index (χ2v) is 5.84. The van der Waals surface area contributed by atoms with Crippen LogP contribution in [0.2, 0.25) is 0 Å². The van der Waals surface area contributed by atoms with E-state index in [4.69, 9.17) is 10.9 Å². The van der Waals surface area contributed by atoms with Crippen LogP contribution in [-0.4, -0.2) is 35.6 Å². The number of likely N-dealkylation sites (tertiary alicyclic amines) is 1. The lowest BCUT2D eigenvalue weighted by atomic mass is 9.87. The molecular weight excluding hydrogens is 214 g/mol. The maximum Gasteiger partial charge on any atom is 0.144 e. The first kappa shape index (κ1) is 14.3. The summed E-state index contributed by atoms with van der Waals surface area (Å²) in [5.41, 5.74) is 5.49. The van der Waals surface area contributed by atoms with Crippen LogP contribution in [0.25, 0.3) is 0 Å². The molecule has 0 aliphatic carbocycles. The van der Waals surface area contributed by atoms with Crippen molar-refractivity contribution >= 4 is 5.84 Å². The number of amidine groups is 1. The van der Waals surface area contributed by atoms with Crippen LogP contribution in [0, 0.1) is 11.3 Å². The molecule has 1 aliphatic heterocycles. The molecule has 1 aliphatic rings. The highest BCUT2D eigenvalue weighted by Crippen LogP contribution is 2.24. The molecule has 4 heteroatoms. The van der Waals surface area contributed by atoms with E-state index in [1.165, 1.54) is 32.4 Å². The summed E-state index contributed by atoms with van der Waals surface area (Å²) in [6.45, 7) is 9.78. The van der Waals surface area contributed by atoms with Crippen molar-refractivity contribution in [2.45, 2.75) is 46.5 Å². The Balaban J connectivity index is 2.40. The molecule has 0 aromatic heterocycles. The second kappa shape index (κ2) is 6.24. The van der Waals surface area contributed by atoms with E-state index in [2.05, 4.69) is 17.0 Å². The van der Waals surface area contributed by atoms with Crippen molar-refractivity contribution in [3.05, 3.63) is 0 Å². The molecule has 100 valence electrons. The molecule has 0 radical (unpaired) electrons. The highest BCUT2D eigenvalue weighted by Gasteiger charge is 2.26. The zero-order valence-electron chi connectivity index (χ0n) is 11.4. The molecule has 3 N–H and O–H groups in total. The lowest BCUT2D eigenvalue weighted by molar-refractivity contribution is 0.158. The number of rotatable bonds is 5. The minimum Gasteiger partial charge on any atom is -0.409 e. The van der Waals surface area contributed by atoms with Gasteiger partial charge < -0.3 is 15.8 Å². The van der Waals surface area contributed by atoms with Crippen LogP contribution < -0.4 is 5.73 Å². The predicted molar refractivity (Wildman–Crippen MR) is 71.3 cm³/mol. The molecule has 1 heterocycles. The Bertz CT molecular complexity index is 263. The third-order valence-corrected chi connectivity index (χ3v) is 4.03. The molecule has 0 spiro atoms. The molecule has 17 heavy (non-hydrogen) atoms. The van der Waals surface area contributed by atoms with Gasteiger partial charge in [-0.15, -0.1) is 0 Å². The monoisotopic (exact) mass is 241 g/mol. The number of piperidine rings is 1. The Morgan fingerprint density at radius 2 is 2.24 bits per heavy atom. The summed E-state index contributed by atoms with van der Waals surface area (Å²) in [5.74, 6) is 1.19. The summed E-state index contributed by atoms with van der Waals surface area (Å²) < 4.78 is 0. The fraction of sp³-hybridized carbons (Fsp3) is 0.923. The van der Waals surface area contributed by atoms with Gasteiger partial charge in [-0.3, -0.25) is 0 Å². The van der Waals surface area contributed by atoms with Gasteiger partial charge in [-0.05, 0) is 38.3 Å². The summed E-state index contributed by atoms with van der Waals surface area (Å²) in [5, 5.41) is 11.9. The average molecular weight is 241 g/mol. The largest absolute Gasteiger partial charge is 0.409 e. The van der Waals surface area contributed by atoms with Crippen LogP contribution >= 0.6 is 0 Å². The summed E-state index contributed by atoms with van der Waals surface area (Å²) >= 11 is 0. The van der Waals surface area contributed by atoms with Crippen molar-refractivity contribution in [1.82, 2.24) is 4.90 Å². The highest BCUT2D eigenvalue weighted by molar-refractivity contribution is 5.85. The van der Waals surface area contributed by atoms with Crippen LogP contribution in [-0.2, 0) is 0 Å². The molecule has 0 amide bonds. The molecule has 0 aromatic carbocycles. The van der Waals surface area contributed by atoms with Crippen molar-refractivity contribution in [2.24, 2.45) is 22.2 Å². The quantitative estimate of drug-likeness (QED) is 0.336. The first-order valence-corrected chi connectivity index (χ1v) is 6.70. The third kappa shape index (κ3) is 4.19. The molecule has 0 aromatic rings. The number of hydrogen-bond donors (Lipinski definition) is 2. The Morgan fingerprint density at radius 3 is 2.82 bits per heavy atom. The van der Waals surface area contributed by atoms with E-state index in [1.807, 2.05) is 13.8 Å². The second-order valence-electron chi connectivity index (χ2n) is 5.84. The van der Waals surface area contributed by atoms with Crippen LogP contribution in [0.1, 0.15) is 46.5 Å². The van der Waals surface area contributed by atoms with Crippen molar-refractivity contribution in [2.75, 3.05) is 19.6 Å². The standard InChI is InChI=1S/C13H27N3O/c1-4-11-6-5-8-16(10-11)9-7-13(2,3)12(14)15-17/h11,17H,4-10H2,1-3H3,(H2,14,15). The Labute approximate surface area is 105 Å². The molecule has 4 nitrogen and oxygen atoms in total. The highest BCUT2D eigenvalue weighted by atomic mass is 16.4. The van der Waals surface area contributed by atoms with Gasteiger partial charge in [-0.2, -0.15) is 0 Å². The molecule has 1 saturated heterocycles. The van der Waals surface area contributed by atoms with Gasteiger partial charge in [0.25, 0.3) is 0 Å². The maximum absolute atomic E-state index is 8.74. The van der Waals surface area contributed by atoms with Gasteiger partial charge in [-0.25, -0.2) is 0 Å². The Kier molecular flexibility index (Phi) is 5.25. The summed E-state index contributed by atoms with van der Waals surface area (Å²) in [7, 11) is 0. The van der Waals surface area contributed by atoms with Crippen molar-refractivity contribution in [1.29, 1.82) is 0 Å². The van der Waals surface area contributed by atoms with Crippen LogP contribution in [0.15, 0.2) is 5.16 Å². The normalized spacial score (nSPS) is 23.9. The minimum absolute atomic E-state index is 0.214. The first-order chi connectivity index (χ1) is 7.99. The van der Waals surface area contributed by atoms with Gasteiger partial charge in [0.1, 0.15) is 5.84 Å². The number of oxime groups is 1. The third-order valence-electron chi connectivity index (χ3n) is 4.03. The van der Waals surface area contributed by atoms with E-state index in [1.54, 1.807) is 0 Å². The molecule has 0 bridgehead atoms. The zero-order chi connectivity index (χ0) is 12.9. The van der Waals surface area contributed by atoms with Gasteiger partial charge >= 0.3 is 0 Å². The zero-order valence-corrected chi connectivity index (χ0v) is 11.4. The van der Waals surface area contributed by atoms with Crippen molar-refractivity contribution in [3.63, 3.8) is 0 Å². The Hall–Kier alpha value is -0.770. The van der Waals surface area contributed by atoms with Gasteiger partial charge in [0.2, 0.25) is 0 Å². The number of nitrogens with zero attached hydrogens (tertiary/aromatic N) is 2. The number of hydrogen-bond acceptors (Lipinski definition) is 3. The van der Waals surface area contributed by atoms with Crippen molar-refractivity contribution in [3.8, 4) is 0 Å². The van der Waals surface area contributed by atoms with E-state index in [0.29, 0.717) is 5.84 Å². The van der Waals surface area contributed by atoms with E-state index < -0.39 is 0 Å². The Morgan fingerprint density at radius 1 is 1.53 bits per heavy atom. The van der Waals surface area contributed by atoms with Crippen LogP contribution in [0.4, 0.5) is 0 Å². The van der Waals surface area contributed by atoms with E-state index >= 15 is 0 Å². The van der Waals surface area contributed by atoms with Gasteiger partial charge in [0.15, 0.2) is 0 Å². The minimum atomic E-state index is -0.214. The summed E-state index contributed by atoms with van der Waals surface area (Å²) in [6, 6.07) is 0. The fourth-order valence-electron chi connectivity index (χ4n) is 2.39. The lowest BCUT2D eigenvalue weighted by Crippen LogP contribution is -2.40. The summed E-state index contributed by atoms with van der Waals surface area (Å²) in [4.78, 5) is 2.52. The smallest absolute Gasteiger partial charge is 0.144 e. The topological polar surface area (TPSA) is 61.8 Å². The van der Waals surface area contributed by atoms with Gasteiger partial charge in [-0.1, -0.05) is 32.3 Å². The first-order valence-electron chi connectivity index (χ1n) is 6.70. The molecule has 1 rings (SSSR count). The fourth-order valence-corrected chi connectivity index (χ4v) is 2.39. The SMILES string of the molecule is CCC1CCCN(CCC(C)(C)C(N)=NO)C1. The van der Waals surface area contributed by atoms with Crippen molar-refractivity contribution < 1.29 is 5.21 Å². The number of nitrogens with two attached hydrogens (primary N) is 1. The van der Waals surface area contributed by atoms with E-state index in [9.17, 15) is 0 Å². The van der Waals surface area contributed by atoms with E-state index in [0.717, 1.165) is 18.9 Å². The predicted octanol–water partition coefficient (Wildman–Crippen LogP) is 2.27. The lowest BCUT2D eigenvalue weighted by Gasteiger charge is -2.34. The van der Waals surface area contributed by atoms with Crippen LogP contribution in [0.3, 0.4) is 0 Å². The molecule has 0 saturated carbocycles. The molecular formula is C13H27N3O. The molecule has 1 fully saturated rings. The molecule has 1 atom stereocenters. The summed E-state index contributed by atoms with van der Waals surface area (Å²) in [6.07, 6.45) is 4.90. The van der Waals surface area contributed by atoms with Crippen LogP contribution in [0.5, 0.6) is 0 Å². The van der Waals surface area contributed by atoms with E-state index in [-0.39, 0.29) is 5.41 Å². The molecule has 1 unspecified atom stereocenters. The van der Waals surface area contributed by atoms with Gasteiger partial charge in [0, 0.05) is 12.0 Å². The maximum atomic E-state index is 8.74.